The number of benzene rings is 1. The van der Waals surface area contributed by atoms with Crippen LogP contribution in [-0.2, 0) is 18.3 Å². The number of anilines is 2. The quantitative estimate of drug-likeness (QED) is 0.693. The number of nitrogen functional groups attached to an aromatic ring is 1. The minimum Gasteiger partial charge on any atom is -0.397 e. The number of thiophene rings is 1. The summed E-state index contributed by atoms with van der Waals surface area (Å²) in [6.07, 6.45) is 5.64. The minimum atomic E-state index is -0.0816. The number of fused-ring (bicyclic) bond motifs is 1. The molecule has 0 fully saturated rings. The molecule has 2 heterocycles. The van der Waals surface area contributed by atoms with Crippen LogP contribution in [-0.4, -0.2) is 10.5 Å². The maximum atomic E-state index is 12.7. The van der Waals surface area contributed by atoms with Gasteiger partial charge in [-0.05, 0) is 59.7 Å². The van der Waals surface area contributed by atoms with Gasteiger partial charge in [0.05, 0.1) is 11.4 Å². The van der Waals surface area contributed by atoms with Crippen LogP contribution in [0.15, 0.2) is 53.5 Å². The highest BCUT2D eigenvalue weighted by molar-refractivity contribution is 7.13. The van der Waals surface area contributed by atoms with E-state index in [1.165, 1.54) is 5.56 Å². The van der Waals surface area contributed by atoms with Crippen LogP contribution in [0.5, 0.6) is 0 Å². The van der Waals surface area contributed by atoms with E-state index in [2.05, 4.69) is 17.4 Å². The summed E-state index contributed by atoms with van der Waals surface area (Å²) >= 11 is 1.66. The van der Waals surface area contributed by atoms with Crippen molar-refractivity contribution in [2.75, 3.05) is 11.1 Å². The van der Waals surface area contributed by atoms with Gasteiger partial charge in [-0.25, -0.2) is 0 Å². The van der Waals surface area contributed by atoms with Gasteiger partial charge < -0.3 is 15.6 Å². The number of hydrogen-bond donors (Lipinski definition) is 2. The lowest BCUT2D eigenvalue weighted by atomic mass is 9.96. The number of hydrogen-bond acceptors (Lipinski definition) is 3. The number of nitrogens with two attached hydrogens (primary N) is 1. The van der Waals surface area contributed by atoms with Crippen LogP contribution in [0.1, 0.15) is 17.7 Å². The number of aromatic nitrogens is 1. The van der Waals surface area contributed by atoms with Gasteiger partial charge >= 0.3 is 0 Å². The standard InChI is InChI=1S/C20H19N3OS/c1-23-9-8-13-4-5-15(12-18(13)23)20(24)22-17-11-14(6-7-16(17)21)19-3-2-10-25-19/h2-3,6-12H,4-5,21H2,1H3,(H,22,24). The van der Waals surface area contributed by atoms with Gasteiger partial charge in [-0.1, -0.05) is 12.1 Å². The average Bonchev–Trinajstić information content (AvgIpc) is 3.27. The normalized spacial score (nSPS) is 13.2. The molecule has 4 rings (SSSR count). The van der Waals surface area contributed by atoms with Gasteiger partial charge in [0.1, 0.15) is 0 Å². The first-order chi connectivity index (χ1) is 12.1. The molecule has 5 heteroatoms. The number of carbonyl (C=O) groups excluding carboxylic acids is 1. The number of rotatable bonds is 3. The largest absolute Gasteiger partial charge is 0.397 e. The van der Waals surface area contributed by atoms with Gasteiger partial charge in [0.2, 0.25) is 0 Å². The molecule has 1 aromatic carbocycles. The molecule has 1 amide bonds. The second-order valence-corrected chi connectivity index (χ2v) is 7.19. The van der Waals surface area contributed by atoms with Gasteiger partial charge in [-0.2, -0.15) is 0 Å². The zero-order chi connectivity index (χ0) is 17.4. The van der Waals surface area contributed by atoms with Crippen LogP contribution >= 0.6 is 11.3 Å². The maximum absolute atomic E-state index is 12.7. The Morgan fingerprint density at radius 1 is 1.24 bits per heavy atom. The number of amides is 1. The second-order valence-electron chi connectivity index (χ2n) is 6.24. The highest BCUT2D eigenvalue weighted by Gasteiger charge is 2.19. The Bertz CT molecular complexity index is 967. The van der Waals surface area contributed by atoms with Crippen LogP contribution < -0.4 is 11.1 Å². The van der Waals surface area contributed by atoms with Crippen LogP contribution in [0.25, 0.3) is 16.5 Å². The Balaban J connectivity index is 1.60. The molecular weight excluding hydrogens is 330 g/mol. The van der Waals surface area contributed by atoms with E-state index < -0.39 is 0 Å². The molecule has 126 valence electrons. The zero-order valence-electron chi connectivity index (χ0n) is 14.0. The molecule has 0 spiro atoms. The van der Waals surface area contributed by atoms with Crippen LogP contribution in [0.3, 0.4) is 0 Å². The molecule has 1 aliphatic carbocycles. The van der Waals surface area contributed by atoms with Crippen LogP contribution in [0.2, 0.25) is 0 Å². The lowest BCUT2D eigenvalue weighted by Gasteiger charge is -2.16. The Hall–Kier alpha value is -2.79. The second kappa shape index (κ2) is 6.26. The van der Waals surface area contributed by atoms with Crippen molar-refractivity contribution in [1.82, 2.24) is 4.57 Å². The zero-order valence-corrected chi connectivity index (χ0v) is 14.8. The molecule has 0 atom stereocenters. The minimum absolute atomic E-state index is 0.0816. The fourth-order valence-electron chi connectivity index (χ4n) is 3.15. The molecule has 0 aliphatic heterocycles. The topological polar surface area (TPSA) is 60.0 Å². The van der Waals surface area contributed by atoms with E-state index in [0.717, 1.165) is 34.5 Å². The molecule has 0 bridgehead atoms. The number of nitrogens with one attached hydrogen (secondary N) is 1. The monoisotopic (exact) mass is 349 g/mol. The van der Waals surface area contributed by atoms with Crippen molar-refractivity contribution in [1.29, 1.82) is 0 Å². The summed E-state index contributed by atoms with van der Waals surface area (Å²) in [6, 6.07) is 11.9. The van der Waals surface area contributed by atoms with Crippen molar-refractivity contribution >= 4 is 34.7 Å². The smallest absolute Gasteiger partial charge is 0.251 e. The SMILES string of the molecule is Cn1ccc2c1C=C(C(=O)Nc1cc(-c3cccs3)ccc1N)CC2. The molecule has 1 aliphatic rings. The number of aryl methyl sites for hydroxylation is 2. The molecule has 3 aromatic rings. The van der Waals surface area contributed by atoms with Gasteiger partial charge in [0, 0.05) is 29.4 Å². The molecule has 0 saturated carbocycles. The Kier molecular flexibility index (Phi) is 3.93. The third-order valence-electron chi connectivity index (χ3n) is 4.58. The van der Waals surface area contributed by atoms with Crippen LogP contribution in [0.4, 0.5) is 11.4 Å². The van der Waals surface area contributed by atoms with Gasteiger partial charge in [-0.15, -0.1) is 11.3 Å². The Morgan fingerprint density at radius 3 is 2.92 bits per heavy atom. The van der Waals surface area contributed by atoms with Crippen molar-refractivity contribution in [3.8, 4) is 10.4 Å². The van der Waals surface area contributed by atoms with Crippen molar-refractivity contribution in [2.45, 2.75) is 12.8 Å². The molecule has 0 saturated heterocycles. The molecule has 0 radical (unpaired) electrons. The predicted molar refractivity (Wildman–Crippen MR) is 105 cm³/mol. The average molecular weight is 349 g/mol. The lowest BCUT2D eigenvalue weighted by molar-refractivity contribution is -0.112. The van der Waals surface area contributed by atoms with E-state index in [0.29, 0.717) is 11.4 Å². The van der Waals surface area contributed by atoms with E-state index in [9.17, 15) is 4.79 Å². The van der Waals surface area contributed by atoms with E-state index in [4.69, 9.17) is 5.73 Å². The Labute approximate surface area is 150 Å². The summed E-state index contributed by atoms with van der Waals surface area (Å²) in [6.45, 7) is 0. The molecule has 25 heavy (non-hydrogen) atoms. The third-order valence-corrected chi connectivity index (χ3v) is 5.50. The van der Waals surface area contributed by atoms with Crippen LogP contribution in [0, 0.1) is 0 Å². The fraction of sp³-hybridized carbons (Fsp3) is 0.150. The summed E-state index contributed by atoms with van der Waals surface area (Å²) in [5.41, 5.74) is 11.5. The summed E-state index contributed by atoms with van der Waals surface area (Å²) < 4.78 is 2.05. The molecule has 3 N–H and O–H groups in total. The summed E-state index contributed by atoms with van der Waals surface area (Å²) in [7, 11) is 2.00. The van der Waals surface area contributed by atoms with E-state index in [-0.39, 0.29) is 5.91 Å². The van der Waals surface area contributed by atoms with Gasteiger partial charge in [0.25, 0.3) is 5.91 Å². The van der Waals surface area contributed by atoms with E-state index >= 15 is 0 Å². The maximum Gasteiger partial charge on any atom is 0.251 e. The van der Waals surface area contributed by atoms with Crippen molar-refractivity contribution < 1.29 is 4.79 Å². The first-order valence-corrected chi connectivity index (χ1v) is 9.09. The summed E-state index contributed by atoms with van der Waals surface area (Å²) in [4.78, 5) is 13.9. The summed E-state index contributed by atoms with van der Waals surface area (Å²) in [5.74, 6) is -0.0816. The highest BCUT2D eigenvalue weighted by atomic mass is 32.1. The van der Waals surface area contributed by atoms with Crippen molar-refractivity contribution in [3.05, 3.63) is 64.8 Å². The van der Waals surface area contributed by atoms with E-state index in [1.54, 1.807) is 11.3 Å². The van der Waals surface area contributed by atoms with Gasteiger partial charge in [0.15, 0.2) is 0 Å². The predicted octanol–water partition coefficient (Wildman–Crippen LogP) is 4.30. The molecule has 0 unspecified atom stereocenters. The molecular formula is C20H19N3OS. The Morgan fingerprint density at radius 2 is 2.12 bits per heavy atom. The van der Waals surface area contributed by atoms with Crippen molar-refractivity contribution in [3.63, 3.8) is 0 Å². The molecule has 2 aromatic heterocycles. The first kappa shape index (κ1) is 15.7. The fourth-order valence-corrected chi connectivity index (χ4v) is 3.87. The highest BCUT2D eigenvalue weighted by Crippen LogP contribution is 2.31. The lowest BCUT2D eigenvalue weighted by Crippen LogP contribution is -2.18. The molecule has 4 nitrogen and oxygen atoms in total. The van der Waals surface area contributed by atoms with Crippen molar-refractivity contribution in [2.24, 2.45) is 7.05 Å². The first-order valence-electron chi connectivity index (χ1n) is 8.21. The number of carbonyl (C=O) groups is 1. The summed E-state index contributed by atoms with van der Waals surface area (Å²) in [5, 5.41) is 5.02. The third kappa shape index (κ3) is 2.98. The number of nitrogens with zero attached hydrogens (tertiary/aromatic N) is 1. The van der Waals surface area contributed by atoms with Gasteiger partial charge in [-0.3, -0.25) is 4.79 Å². The van der Waals surface area contributed by atoms with E-state index in [1.807, 2.05) is 53.5 Å².